The fourth-order valence-electron chi connectivity index (χ4n) is 2.54. The van der Waals surface area contributed by atoms with Crippen molar-refractivity contribution in [3.8, 4) is 0 Å². The number of carbonyl (C=O) groups excluding carboxylic acids is 1. The maximum Gasteiger partial charge on any atom is 0.262 e. The molecule has 0 saturated carbocycles. The van der Waals surface area contributed by atoms with Crippen LogP contribution in [0.1, 0.15) is 43.3 Å². The van der Waals surface area contributed by atoms with Crippen LogP contribution in [-0.4, -0.2) is 51.0 Å². The van der Waals surface area contributed by atoms with Gasteiger partial charge in [0.25, 0.3) is 5.91 Å². The van der Waals surface area contributed by atoms with E-state index in [1.807, 2.05) is 6.92 Å². The highest BCUT2D eigenvalue weighted by molar-refractivity contribution is 7.89. The standard InChI is InChI=1S/C16H26N2O4S2/c1-12(2)4-5-13(3)17-16(19)15-14(6-11-23-15)24(20,21)18-7-9-22-10-8-18/h6,11-13H,4-5,7-10H2,1-3H3,(H,17,19). The van der Waals surface area contributed by atoms with Crippen LogP contribution < -0.4 is 5.32 Å². The first-order valence-electron chi connectivity index (χ1n) is 8.28. The predicted molar refractivity (Wildman–Crippen MR) is 94.9 cm³/mol. The van der Waals surface area contributed by atoms with Crippen LogP contribution in [-0.2, 0) is 14.8 Å². The number of sulfonamides is 1. The van der Waals surface area contributed by atoms with E-state index in [-0.39, 0.29) is 21.7 Å². The van der Waals surface area contributed by atoms with E-state index in [4.69, 9.17) is 4.74 Å². The normalized spacial score (nSPS) is 17.8. The molecule has 0 aromatic carbocycles. The largest absolute Gasteiger partial charge is 0.379 e. The van der Waals surface area contributed by atoms with Gasteiger partial charge in [-0.15, -0.1) is 11.3 Å². The molecule has 1 aromatic rings. The molecule has 0 spiro atoms. The molecular weight excluding hydrogens is 348 g/mol. The van der Waals surface area contributed by atoms with Gasteiger partial charge in [-0.05, 0) is 37.1 Å². The van der Waals surface area contributed by atoms with Gasteiger partial charge in [-0.2, -0.15) is 4.31 Å². The molecule has 136 valence electrons. The number of ether oxygens (including phenoxy) is 1. The zero-order valence-corrected chi connectivity index (χ0v) is 16.1. The molecule has 1 aromatic heterocycles. The Morgan fingerprint density at radius 2 is 1.96 bits per heavy atom. The fourth-order valence-corrected chi connectivity index (χ4v) is 5.25. The van der Waals surface area contributed by atoms with E-state index in [1.165, 1.54) is 21.7 Å². The van der Waals surface area contributed by atoms with Crippen LogP contribution >= 0.6 is 11.3 Å². The van der Waals surface area contributed by atoms with Crippen LogP contribution in [0.4, 0.5) is 0 Å². The molecule has 8 heteroatoms. The van der Waals surface area contributed by atoms with Crippen LogP contribution in [0, 0.1) is 5.92 Å². The fraction of sp³-hybridized carbons (Fsp3) is 0.688. The number of nitrogens with one attached hydrogen (secondary N) is 1. The van der Waals surface area contributed by atoms with Crippen LogP contribution in [0.2, 0.25) is 0 Å². The molecule has 1 N–H and O–H groups in total. The van der Waals surface area contributed by atoms with Crippen LogP contribution in [0.3, 0.4) is 0 Å². The summed E-state index contributed by atoms with van der Waals surface area (Å²) in [7, 11) is -3.65. The number of hydrogen-bond donors (Lipinski definition) is 1. The summed E-state index contributed by atoms with van der Waals surface area (Å²) in [6, 6.07) is 1.53. The van der Waals surface area contributed by atoms with Gasteiger partial charge in [0, 0.05) is 19.1 Å². The number of thiophene rings is 1. The topological polar surface area (TPSA) is 75.7 Å². The average Bonchev–Trinajstić information content (AvgIpc) is 3.04. The third-order valence-corrected chi connectivity index (χ3v) is 6.96. The monoisotopic (exact) mass is 374 g/mol. The zero-order valence-electron chi connectivity index (χ0n) is 14.4. The van der Waals surface area contributed by atoms with Gasteiger partial charge in [0.2, 0.25) is 10.0 Å². The molecule has 1 aliphatic rings. The van der Waals surface area contributed by atoms with E-state index in [0.29, 0.717) is 32.2 Å². The molecule has 2 heterocycles. The number of nitrogens with zero attached hydrogens (tertiary/aromatic N) is 1. The van der Waals surface area contributed by atoms with Gasteiger partial charge in [-0.25, -0.2) is 8.42 Å². The summed E-state index contributed by atoms with van der Waals surface area (Å²) in [5.74, 6) is 0.261. The van der Waals surface area contributed by atoms with Crippen molar-refractivity contribution in [2.24, 2.45) is 5.92 Å². The molecule has 0 aliphatic carbocycles. The highest BCUT2D eigenvalue weighted by Gasteiger charge is 2.31. The van der Waals surface area contributed by atoms with E-state index in [1.54, 1.807) is 5.38 Å². The molecule has 1 aliphatic heterocycles. The number of carbonyl (C=O) groups is 1. The Bertz CT molecular complexity index is 649. The Morgan fingerprint density at radius 1 is 1.29 bits per heavy atom. The number of morpholine rings is 1. The van der Waals surface area contributed by atoms with Crippen molar-refractivity contribution in [3.05, 3.63) is 16.3 Å². The van der Waals surface area contributed by atoms with Crippen molar-refractivity contribution in [2.75, 3.05) is 26.3 Å². The molecule has 1 saturated heterocycles. The molecule has 2 rings (SSSR count). The Morgan fingerprint density at radius 3 is 2.58 bits per heavy atom. The lowest BCUT2D eigenvalue weighted by atomic mass is 10.0. The molecule has 1 fully saturated rings. The van der Waals surface area contributed by atoms with E-state index < -0.39 is 10.0 Å². The molecule has 24 heavy (non-hydrogen) atoms. The number of amides is 1. The quantitative estimate of drug-likeness (QED) is 0.795. The molecule has 1 unspecified atom stereocenters. The summed E-state index contributed by atoms with van der Waals surface area (Å²) in [6.45, 7) is 7.65. The van der Waals surface area contributed by atoms with Gasteiger partial charge in [-0.1, -0.05) is 13.8 Å². The minimum absolute atomic E-state index is 0.0148. The minimum Gasteiger partial charge on any atom is -0.379 e. The summed E-state index contributed by atoms with van der Waals surface area (Å²) in [5.41, 5.74) is 0. The smallest absolute Gasteiger partial charge is 0.262 e. The third kappa shape index (κ3) is 4.78. The van der Waals surface area contributed by atoms with Gasteiger partial charge in [-0.3, -0.25) is 4.79 Å². The Hall–Kier alpha value is -0.960. The minimum atomic E-state index is -3.65. The maximum atomic E-state index is 12.8. The van der Waals surface area contributed by atoms with E-state index in [0.717, 1.165) is 12.8 Å². The Kier molecular flexibility index (Phi) is 6.79. The average molecular weight is 375 g/mol. The lowest BCUT2D eigenvalue weighted by molar-refractivity contribution is 0.0730. The lowest BCUT2D eigenvalue weighted by Gasteiger charge is -2.26. The first kappa shape index (κ1) is 19.4. The van der Waals surface area contributed by atoms with Gasteiger partial charge in [0.1, 0.15) is 9.77 Å². The van der Waals surface area contributed by atoms with Crippen molar-refractivity contribution >= 4 is 27.3 Å². The highest BCUT2D eigenvalue weighted by atomic mass is 32.2. The SMILES string of the molecule is CC(C)CCC(C)NC(=O)c1sccc1S(=O)(=O)N1CCOCC1. The summed E-state index contributed by atoms with van der Waals surface area (Å²) < 4.78 is 32.1. The molecule has 0 radical (unpaired) electrons. The van der Waals surface area contributed by atoms with E-state index >= 15 is 0 Å². The molecular formula is C16H26N2O4S2. The first-order chi connectivity index (χ1) is 11.3. The third-order valence-electron chi connectivity index (χ3n) is 3.98. The van der Waals surface area contributed by atoms with Crippen LogP contribution in [0.15, 0.2) is 16.3 Å². The summed E-state index contributed by atoms with van der Waals surface area (Å²) >= 11 is 1.17. The zero-order chi connectivity index (χ0) is 17.7. The van der Waals surface area contributed by atoms with Crippen molar-refractivity contribution in [1.29, 1.82) is 0 Å². The van der Waals surface area contributed by atoms with Crippen molar-refractivity contribution in [3.63, 3.8) is 0 Å². The Labute approximate surface area is 148 Å². The van der Waals surface area contributed by atoms with Crippen LogP contribution in [0.25, 0.3) is 0 Å². The van der Waals surface area contributed by atoms with Crippen molar-refractivity contribution in [2.45, 2.75) is 44.6 Å². The van der Waals surface area contributed by atoms with Crippen molar-refractivity contribution in [1.82, 2.24) is 9.62 Å². The molecule has 1 atom stereocenters. The summed E-state index contributed by atoms with van der Waals surface area (Å²) in [5, 5.41) is 4.57. The van der Waals surface area contributed by atoms with Crippen molar-refractivity contribution < 1.29 is 17.9 Å². The van der Waals surface area contributed by atoms with E-state index in [9.17, 15) is 13.2 Å². The maximum absolute atomic E-state index is 12.8. The van der Waals surface area contributed by atoms with Gasteiger partial charge in [0.15, 0.2) is 0 Å². The Balaban J connectivity index is 2.10. The van der Waals surface area contributed by atoms with Crippen LogP contribution in [0.5, 0.6) is 0 Å². The summed E-state index contributed by atoms with van der Waals surface area (Å²) in [6.07, 6.45) is 1.89. The molecule has 0 bridgehead atoms. The van der Waals surface area contributed by atoms with E-state index in [2.05, 4.69) is 19.2 Å². The predicted octanol–water partition coefficient (Wildman–Crippen LogP) is 2.32. The van der Waals surface area contributed by atoms with Gasteiger partial charge >= 0.3 is 0 Å². The molecule has 1 amide bonds. The second-order valence-electron chi connectivity index (χ2n) is 6.48. The highest BCUT2D eigenvalue weighted by Crippen LogP contribution is 2.26. The van der Waals surface area contributed by atoms with Gasteiger partial charge < -0.3 is 10.1 Å². The number of hydrogen-bond acceptors (Lipinski definition) is 5. The van der Waals surface area contributed by atoms with Gasteiger partial charge in [0.05, 0.1) is 13.2 Å². The second-order valence-corrected chi connectivity index (χ2v) is 9.30. The first-order valence-corrected chi connectivity index (χ1v) is 10.6. The second kappa shape index (κ2) is 8.42. The number of rotatable bonds is 7. The molecule has 6 nitrogen and oxygen atoms in total. The summed E-state index contributed by atoms with van der Waals surface area (Å²) in [4.78, 5) is 12.9. The lowest BCUT2D eigenvalue weighted by Crippen LogP contribution is -2.41.